The number of rotatable bonds is 7. The van der Waals surface area contributed by atoms with Gasteiger partial charge in [0.2, 0.25) is 5.91 Å². The lowest BCUT2D eigenvalue weighted by molar-refractivity contribution is -0.146. The van der Waals surface area contributed by atoms with Crippen molar-refractivity contribution < 1.29 is 36.6 Å². The van der Waals surface area contributed by atoms with Crippen LogP contribution in [0.25, 0.3) is 0 Å². The number of carbonyl (C=O) groups is 2. The van der Waals surface area contributed by atoms with Crippen molar-refractivity contribution in [3.63, 3.8) is 0 Å². The van der Waals surface area contributed by atoms with Gasteiger partial charge in [-0.1, -0.05) is 6.07 Å². The van der Waals surface area contributed by atoms with Crippen molar-refractivity contribution in [2.24, 2.45) is 17.8 Å². The first-order valence-electron chi connectivity index (χ1n) is 14.2. The summed E-state index contributed by atoms with van der Waals surface area (Å²) < 4.78 is 65.3. The SMILES string of the molecule is COC[C@H]1CN(C(=O)[C@@H]2CNC[C@H]2c2ccc(F)cn2)C[C@@H]1c1ccc(C(F)(F)F)cc1N1CCC(C(=O)OC)CC1. The number of nitrogens with one attached hydrogen (secondary N) is 1. The smallest absolute Gasteiger partial charge is 0.416 e. The number of methoxy groups -OCH3 is 2. The predicted molar refractivity (Wildman–Crippen MR) is 146 cm³/mol. The third-order valence-electron chi connectivity index (χ3n) is 8.92. The van der Waals surface area contributed by atoms with Crippen LogP contribution in [-0.4, -0.2) is 81.9 Å². The first-order valence-corrected chi connectivity index (χ1v) is 14.2. The third kappa shape index (κ3) is 6.24. The van der Waals surface area contributed by atoms with Crippen LogP contribution in [0.2, 0.25) is 0 Å². The normalized spacial score (nSPS) is 25.2. The van der Waals surface area contributed by atoms with E-state index in [1.807, 2.05) is 4.90 Å². The summed E-state index contributed by atoms with van der Waals surface area (Å²) >= 11 is 0. The highest BCUT2D eigenvalue weighted by Gasteiger charge is 2.44. The number of alkyl halides is 3. The number of amides is 1. The van der Waals surface area contributed by atoms with Gasteiger partial charge in [0, 0.05) is 75.5 Å². The molecular formula is C30H36F4N4O4. The second kappa shape index (κ2) is 12.5. The van der Waals surface area contributed by atoms with Crippen LogP contribution in [-0.2, 0) is 25.2 Å². The van der Waals surface area contributed by atoms with E-state index in [1.54, 1.807) is 18.1 Å². The fourth-order valence-corrected chi connectivity index (χ4v) is 6.71. The summed E-state index contributed by atoms with van der Waals surface area (Å²) in [6, 6.07) is 6.77. The van der Waals surface area contributed by atoms with Crippen LogP contribution in [0.1, 0.15) is 41.5 Å². The number of nitrogens with zero attached hydrogens (tertiary/aromatic N) is 3. The Hall–Kier alpha value is -3.25. The number of esters is 1. The number of carbonyl (C=O) groups excluding carboxylic acids is 2. The lowest BCUT2D eigenvalue weighted by Crippen LogP contribution is -2.38. The van der Waals surface area contributed by atoms with Gasteiger partial charge in [-0.15, -0.1) is 0 Å². The number of anilines is 1. The van der Waals surface area contributed by atoms with E-state index in [1.165, 1.54) is 25.3 Å². The summed E-state index contributed by atoms with van der Waals surface area (Å²) in [4.78, 5) is 33.8. The number of benzene rings is 1. The molecule has 3 fully saturated rings. The maximum atomic E-state index is 13.9. The minimum absolute atomic E-state index is 0.0629. The van der Waals surface area contributed by atoms with Crippen LogP contribution in [0.4, 0.5) is 23.2 Å². The van der Waals surface area contributed by atoms with Crippen molar-refractivity contribution in [2.75, 3.05) is 65.0 Å². The number of hydrogen-bond donors (Lipinski definition) is 1. The molecule has 3 saturated heterocycles. The predicted octanol–water partition coefficient (Wildman–Crippen LogP) is 3.82. The first-order chi connectivity index (χ1) is 20.1. The van der Waals surface area contributed by atoms with Crippen LogP contribution >= 0.6 is 0 Å². The third-order valence-corrected chi connectivity index (χ3v) is 8.92. The highest BCUT2D eigenvalue weighted by atomic mass is 19.4. The molecule has 3 aliphatic rings. The van der Waals surface area contributed by atoms with Crippen molar-refractivity contribution in [2.45, 2.75) is 30.9 Å². The molecule has 42 heavy (non-hydrogen) atoms. The second-order valence-electron chi connectivity index (χ2n) is 11.4. The van der Waals surface area contributed by atoms with Crippen LogP contribution in [0.15, 0.2) is 36.5 Å². The van der Waals surface area contributed by atoms with Gasteiger partial charge in [0.05, 0.1) is 37.3 Å². The van der Waals surface area contributed by atoms with Gasteiger partial charge in [-0.3, -0.25) is 14.6 Å². The average molecular weight is 593 g/mol. The quantitative estimate of drug-likeness (QED) is 0.387. The van der Waals surface area contributed by atoms with Gasteiger partial charge < -0.3 is 24.6 Å². The van der Waals surface area contributed by atoms with E-state index in [0.717, 1.165) is 17.8 Å². The van der Waals surface area contributed by atoms with Gasteiger partial charge in [-0.2, -0.15) is 13.2 Å². The number of pyridine rings is 1. The molecule has 5 rings (SSSR count). The zero-order chi connectivity index (χ0) is 30.0. The number of likely N-dealkylation sites (tertiary alicyclic amines) is 1. The molecule has 1 aromatic heterocycles. The summed E-state index contributed by atoms with van der Waals surface area (Å²) in [5.41, 5.74) is 1.11. The highest BCUT2D eigenvalue weighted by Crippen LogP contribution is 2.43. The molecule has 3 aliphatic heterocycles. The lowest BCUT2D eigenvalue weighted by Gasteiger charge is -2.35. The second-order valence-corrected chi connectivity index (χ2v) is 11.4. The molecule has 0 bridgehead atoms. The van der Waals surface area contributed by atoms with Crippen molar-refractivity contribution in [1.82, 2.24) is 15.2 Å². The largest absolute Gasteiger partial charge is 0.469 e. The maximum absolute atomic E-state index is 13.9. The molecule has 0 spiro atoms. The molecule has 0 aliphatic carbocycles. The Kier molecular flexibility index (Phi) is 9.03. The van der Waals surface area contributed by atoms with Crippen LogP contribution in [0.5, 0.6) is 0 Å². The van der Waals surface area contributed by atoms with Gasteiger partial charge >= 0.3 is 12.1 Å². The number of halogens is 4. The van der Waals surface area contributed by atoms with Crippen LogP contribution < -0.4 is 10.2 Å². The van der Waals surface area contributed by atoms with Crippen molar-refractivity contribution >= 4 is 17.6 Å². The van der Waals surface area contributed by atoms with E-state index in [9.17, 15) is 27.2 Å². The molecule has 12 heteroatoms. The van der Waals surface area contributed by atoms with E-state index >= 15 is 0 Å². The Morgan fingerprint density at radius 1 is 1.05 bits per heavy atom. The molecule has 1 amide bonds. The molecule has 8 nitrogen and oxygen atoms in total. The number of ether oxygens (including phenoxy) is 2. The van der Waals surface area contributed by atoms with Crippen molar-refractivity contribution in [3.8, 4) is 0 Å². The Balaban J connectivity index is 1.41. The lowest BCUT2D eigenvalue weighted by atomic mass is 9.86. The molecule has 1 N–H and O–H groups in total. The van der Waals surface area contributed by atoms with E-state index < -0.39 is 23.5 Å². The Morgan fingerprint density at radius 2 is 1.81 bits per heavy atom. The van der Waals surface area contributed by atoms with Crippen LogP contribution in [0, 0.1) is 23.6 Å². The molecule has 2 aromatic rings. The number of aromatic nitrogens is 1. The Morgan fingerprint density at radius 3 is 2.45 bits per heavy atom. The molecule has 4 atom stereocenters. The zero-order valence-corrected chi connectivity index (χ0v) is 23.7. The van der Waals surface area contributed by atoms with Gasteiger partial charge in [-0.25, -0.2) is 4.39 Å². The van der Waals surface area contributed by atoms with Crippen molar-refractivity contribution in [1.29, 1.82) is 0 Å². The summed E-state index contributed by atoms with van der Waals surface area (Å²) in [6.07, 6.45) is -2.41. The highest BCUT2D eigenvalue weighted by molar-refractivity contribution is 5.81. The average Bonchev–Trinajstić information content (AvgIpc) is 3.64. The maximum Gasteiger partial charge on any atom is 0.416 e. The summed E-state index contributed by atoms with van der Waals surface area (Å²) in [7, 11) is 2.91. The molecule has 1 aromatic carbocycles. The number of piperidine rings is 1. The Labute approximate surface area is 242 Å². The standard InChI is InChI=1S/C30H36F4N4O4/c1-41-17-19-15-38(28(39)24-14-35-13-23(24)26-6-4-21(31)12-36-26)16-25(19)22-5-3-20(30(32,33)34)11-27(22)37-9-7-18(8-10-37)29(40)42-2/h3-6,11-12,18-19,23-25,35H,7-10,13-17H2,1-2H3/t19-,23-,24-,25+/m1/s1. The number of hydrogen-bond acceptors (Lipinski definition) is 7. The monoisotopic (exact) mass is 592 g/mol. The van der Waals surface area contributed by atoms with Gasteiger partial charge in [0.1, 0.15) is 5.82 Å². The molecule has 4 heterocycles. The fraction of sp³-hybridized carbons (Fsp3) is 0.567. The fourth-order valence-electron chi connectivity index (χ4n) is 6.71. The molecule has 0 radical (unpaired) electrons. The molecule has 0 saturated carbocycles. The van der Waals surface area contributed by atoms with Gasteiger partial charge in [-0.05, 0) is 42.7 Å². The van der Waals surface area contributed by atoms with Crippen molar-refractivity contribution in [3.05, 3.63) is 59.2 Å². The molecule has 0 unspecified atom stereocenters. The van der Waals surface area contributed by atoms with Gasteiger partial charge in [0.15, 0.2) is 0 Å². The Bertz CT molecular complexity index is 1270. The topological polar surface area (TPSA) is 84.0 Å². The first kappa shape index (κ1) is 30.2. The summed E-state index contributed by atoms with van der Waals surface area (Å²) in [5, 5.41) is 3.26. The van der Waals surface area contributed by atoms with E-state index in [-0.39, 0.29) is 35.5 Å². The molecule has 228 valence electrons. The van der Waals surface area contributed by atoms with E-state index in [0.29, 0.717) is 70.1 Å². The molecular weight excluding hydrogens is 556 g/mol. The van der Waals surface area contributed by atoms with E-state index in [4.69, 9.17) is 9.47 Å². The summed E-state index contributed by atoms with van der Waals surface area (Å²) in [6.45, 7) is 2.91. The van der Waals surface area contributed by atoms with Crippen LogP contribution in [0.3, 0.4) is 0 Å². The summed E-state index contributed by atoms with van der Waals surface area (Å²) in [5.74, 6) is -2.08. The minimum Gasteiger partial charge on any atom is -0.469 e. The minimum atomic E-state index is -4.51. The van der Waals surface area contributed by atoms with E-state index in [2.05, 4.69) is 10.3 Å². The zero-order valence-electron chi connectivity index (χ0n) is 23.7. The van der Waals surface area contributed by atoms with Gasteiger partial charge in [0.25, 0.3) is 0 Å².